The molecule has 1 atom stereocenters. The lowest BCUT2D eigenvalue weighted by Crippen LogP contribution is -2.10. The largest absolute Gasteiger partial charge is 0.303 e. The second-order valence-corrected chi connectivity index (χ2v) is 3.70. The van der Waals surface area contributed by atoms with Crippen molar-refractivity contribution in [3.63, 3.8) is 0 Å². The van der Waals surface area contributed by atoms with Gasteiger partial charge in [0, 0.05) is 5.92 Å². The highest BCUT2D eigenvalue weighted by Crippen LogP contribution is 2.28. The van der Waals surface area contributed by atoms with Gasteiger partial charge in [-0.1, -0.05) is 22.8 Å². The van der Waals surface area contributed by atoms with Crippen molar-refractivity contribution in [3.8, 4) is 0 Å². The Kier molecular flexibility index (Phi) is 2.85. The minimum absolute atomic E-state index is 0.142. The zero-order valence-electron chi connectivity index (χ0n) is 8.05. The summed E-state index contributed by atoms with van der Waals surface area (Å²) in [5.41, 5.74) is 4.03. The molecule has 12 heavy (non-hydrogen) atoms. The van der Waals surface area contributed by atoms with Gasteiger partial charge in [0.25, 0.3) is 0 Å². The van der Waals surface area contributed by atoms with Crippen LogP contribution >= 0.6 is 0 Å². The van der Waals surface area contributed by atoms with Crippen LogP contribution in [-0.2, 0) is 4.79 Å². The molecule has 0 amide bonds. The first kappa shape index (κ1) is 9.24. The molecule has 0 aliphatic heterocycles. The van der Waals surface area contributed by atoms with E-state index in [0.29, 0.717) is 0 Å². The number of carbonyl (C=O) groups is 1. The highest BCUT2D eigenvalue weighted by atomic mass is 16.1. The lowest BCUT2D eigenvalue weighted by molar-refractivity contribution is -0.110. The predicted molar refractivity (Wildman–Crippen MR) is 50.9 cm³/mol. The second-order valence-electron chi connectivity index (χ2n) is 3.70. The Morgan fingerprint density at radius 2 is 2.25 bits per heavy atom. The van der Waals surface area contributed by atoms with Gasteiger partial charge in [-0.15, -0.1) is 0 Å². The maximum absolute atomic E-state index is 10.7. The molecule has 0 N–H and O–H groups in total. The third kappa shape index (κ3) is 1.84. The average Bonchev–Trinajstić information content (AvgIpc) is 2.05. The van der Waals surface area contributed by atoms with Crippen molar-refractivity contribution >= 4 is 6.29 Å². The normalized spacial score (nSPS) is 23.4. The number of rotatable bonds is 1. The van der Waals surface area contributed by atoms with E-state index in [2.05, 4.69) is 19.9 Å². The molecule has 0 aromatic rings. The Bertz CT molecular complexity index is 242. The van der Waals surface area contributed by atoms with Gasteiger partial charge in [0.2, 0.25) is 0 Å². The van der Waals surface area contributed by atoms with Crippen LogP contribution in [0.5, 0.6) is 0 Å². The molecule has 0 spiro atoms. The molecule has 0 saturated heterocycles. The Balaban J connectivity index is 2.85. The highest BCUT2D eigenvalue weighted by molar-refractivity contribution is 5.60. The summed E-state index contributed by atoms with van der Waals surface area (Å²) < 4.78 is 0. The minimum atomic E-state index is 0.142. The van der Waals surface area contributed by atoms with E-state index in [-0.39, 0.29) is 5.92 Å². The molecule has 0 aromatic heterocycles. The molecule has 0 radical (unpaired) electrons. The van der Waals surface area contributed by atoms with E-state index >= 15 is 0 Å². The van der Waals surface area contributed by atoms with Crippen molar-refractivity contribution in [2.24, 2.45) is 5.92 Å². The third-order valence-electron chi connectivity index (χ3n) is 2.59. The summed E-state index contributed by atoms with van der Waals surface area (Å²) in [6.45, 7) is 6.28. The lowest BCUT2D eigenvalue weighted by Gasteiger charge is -2.20. The van der Waals surface area contributed by atoms with E-state index in [4.69, 9.17) is 0 Å². The number of hydrogen-bond donors (Lipinski definition) is 0. The summed E-state index contributed by atoms with van der Waals surface area (Å²) in [5.74, 6) is 0.142. The molecule has 1 heteroatoms. The summed E-state index contributed by atoms with van der Waals surface area (Å²) in [6, 6.07) is 0. The molecule has 1 aliphatic carbocycles. The first-order chi connectivity index (χ1) is 5.65. The average molecular weight is 164 g/mol. The van der Waals surface area contributed by atoms with Gasteiger partial charge in [-0.25, -0.2) is 0 Å². The molecule has 1 rings (SSSR count). The molecule has 66 valence electrons. The van der Waals surface area contributed by atoms with Crippen LogP contribution in [0, 0.1) is 5.92 Å². The van der Waals surface area contributed by atoms with Crippen molar-refractivity contribution in [3.05, 3.63) is 22.8 Å². The molecule has 0 heterocycles. The van der Waals surface area contributed by atoms with Gasteiger partial charge in [-0.05, 0) is 33.6 Å². The first-order valence-electron chi connectivity index (χ1n) is 4.42. The number of carbonyl (C=O) groups excluding carboxylic acids is 1. The summed E-state index contributed by atoms with van der Waals surface area (Å²) in [5, 5.41) is 0. The molecule has 0 bridgehead atoms. The summed E-state index contributed by atoms with van der Waals surface area (Å²) in [7, 11) is 0. The standard InChI is InChI=1S/C11H16O/c1-8(2)10-5-4-9(3)11(6-10)7-12/h4,7,11H,5-6H2,1-3H3. The third-order valence-corrected chi connectivity index (χ3v) is 2.59. The van der Waals surface area contributed by atoms with Gasteiger partial charge in [0.15, 0.2) is 0 Å². The van der Waals surface area contributed by atoms with Crippen molar-refractivity contribution < 1.29 is 4.79 Å². The Morgan fingerprint density at radius 3 is 2.75 bits per heavy atom. The zero-order chi connectivity index (χ0) is 9.14. The SMILES string of the molecule is CC1=CCC(=C(C)C)CC1C=O. The lowest BCUT2D eigenvalue weighted by atomic mass is 9.85. The second kappa shape index (κ2) is 3.70. The van der Waals surface area contributed by atoms with Crippen LogP contribution in [0.25, 0.3) is 0 Å². The van der Waals surface area contributed by atoms with Crippen LogP contribution < -0.4 is 0 Å². The topological polar surface area (TPSA) is 17.1 Å². The van der Waals surface area contributed by atoms with E-state index in [1.54, 1.807) is 0 Å². The van der Waals surface area contributed by atoms with E-state index < -0.39 is 0 Å². The molecular formula is C11H16O. The van der Waals surface area contributed by atoms with E-state index in [0.717, 1.165) is 19.1 Å². The fourth-order valence-corrected chi connectivity index (χ4v) is 1.51. The van der Waals surface area contributed by atoms with Crippen LogP contribution in [-0.4, -0.2) is 6.29 Å². The van der Waals surface area contributed by atoms with Crippen molar-refractivity contribution in [1.82, 2.24) is 0 Å². The van der Waals surface area contributed by atoms with Gasteiger partial charge in [-0.2, -0.15) is 0 Å². The maximum atomic E-state index is 10.7. The first-order valence-corrected chi connectivity index (χ1v) is 4.42. The Hall–Kier alpha value is -0.850. The van der Waals surface area contributed by atoms with Crippen LogP contribution in [0.1, 0.15) is 33.6 Å². The van der Waals surface area contributed by atoms with Crippen LogP contribution in [0.4, 0.5) is 0 Å². The van der Waals surface area contributed by atoms with Gasteiger partial charge in [0.1, 0.15) is 6.29 Å². The van der Waals surface area contributed by atoms with Gasteiger partial charge in [0.05, 0.1) is 0 Å². The van der Waals surface area contributed by atoms with Gasteiger partial charge in [-0.3, -0.25) is 0 Å². The van der Waals surface area contributed by atoms with Crippen molar-refractivity contribution in [1.29, 1.82) is 0 Å². The molecule has 0 fully saturated rings. The molecular weight excluding hydrogens is 148 g/mol. The number of hydrogen-bond acceptors (Lipinski definition) is 1. The Labute approximate surface area is 74.2 Å². The van der Waals surface area contributed by atoms with Crippen LogP contribution in [0.15, 0.2) is 22.8 Å². The van der Waals surface area contributed by atoms with E-state index in [1.807, 2.05) is 6.92 Å². The molecule has 1 unspecified atom stereocenters. The Morgan fingerprint density at radius 1 is 1.58 bits per heavy atom. The summed E-state index contributed by atoms with van der Waals surface area (Å²) in [4.78, 5) is 10.7. The highest BCUT2D eigenvalue weighted by Gasteiger charge is 2.16. The maximum Gasteiger partial charge on any atom is 0.127 e. The summed E-state index contributed by atoms with van der Waals surface area (Å²) >= 11 is 0. The quantitative estimate of drug-likeness (QED) is 0.430. The zero-order valence-corrected chi connectivity index (χ0v) is 8.05. The van der Waals surface area contributed by atoms with E-state index in [9.17, 15) is 4.79 Å². The molecule has 1 aliphatic rings. The fourth-order valence-electron chi connectivity index (χ4n) is 1.51. The van der Waals surface area contributed by atoms with Crippen molar-refractivity contribution in [2.45, 2.75) is 33.6 Å². The van der Waals surface area contributed by atoms with Gasteiger partial charge < -0.3 is 4.79 Å². The predicted octanol–water partition coefficient (Wildman–Crippen LogP) is 2.88. The summed E-state index contributed by atoms with van der Waals surface area (Å²) in [6.07, 6.45) is 5.21. The molecule has 0 saturated carbocycles. The molecule has 0 aromatic carbocycles. The smallest absolute Gasteiger partial charge is 0.127 e. The van der Waals surface area contributed by atoms with Crippen LogP contribution in [0.3, 0.4) is 0 Å². The van der Waals surface area contributed by atoms with E-state index in [1.165, 1.54) is 16.7 Å². The number of aldehydes is 1. The minimum Gasteiger partial charge on any atom is -0.303 e. The fraction of sp³-hybridized carbons (Fsp3) is 0.545. The molecule has 1 nitrogen and oxygen atoms in total. The van der Waals surface area contributed by atoms with Crippen LogP contribution in [0.2, 0.25) is 0 Å². The number of allylic oxidation sites excluding steroid dienone is 4. The van der Waals surface area contributed by atoms with Crippen molar-refractivity contribution in [2.75, 3.05) is 0 Å². The monoisotopic (exact) mass is 164 g/mol. The van der Waals surface area contributed by atoms with Gasteiger partial charge >= 0.3 is 0 Å².